The van der Waals surface area contributed by atoms with Crippen molar-refractivity contribution in [3.05, 3.63) is 78.9 Å². The van der Waals surface area contributed by atoms with Gasteiger partial charge in [0.05, 0.1) is 12.8 Å². The first kappa shape index (κ1) is 25.5. The van der Waals surface area contributed by atoms with Crippen LogP contribution in [0.2, 0.25) is 0 Å². The molecule has 39 heavy (non-hydrogen) atoms. The van der Waals surface area contributed by atoms with Crippen LogP contribution < -0.4 is 25.6 Å². The summed E-state index contributed by atoms with van der Waals surface area (Å²) in [6.07, 6.45) is 1.15. The number of para-hydroxylation sites is 3. The molecule has 0 aliphatic carbocycles. The summed E-state index contributed by atoms with van der Waals surface area (Å²) in [6, 6.07) is 23.2. The number of hydrogen-bond donors (Lipinski definition) is 4. The number of rotatable bonds is 8. The van der Waals surface area contributed by atoms with Crippen molar-refractivity contribution in [3.8, 4) is 16.9 Å². The summed E-state index contributed by atoms with van der Waals surface area (Å²) in [4.78, 5) is 39.7. The van der Waals surface area contributed by atoms with Crippen LogP contribution in [0.3, 0.4) is 0 Å². The molecule has 0 bridgehead atoms. The van der Waals surface area contributed by atoms with Gasteiger partial charge in [-0.2, -0.15) is 15.0 Å². The van der Waals surface area contributed by atoms with Crippen LogP contribution in [-0.4, -0.2) is 51.8 Å². The predicted octanol–water partition coefficient (Wildman–Crippen LogP) is 4.99. The van der Waals surface area contributed by atoms with Gasteiger partial charge in [0.2, 0.25) is 17.8 Å². The molecular weight excluding hydrogens is 498 g/mol. The van der Waals surface area contributed by atoms with Gasteiger partial charge in [-0.15, -0.1) is 0 Å². The number of carboxylic acid groups (broad SMARTS) is 1. The summed E-state index contributed by atoms with van der Waals surface area (Å²) in [5, 5.41) is 18.3. The van der Waals surface area contributed by atoms with Crippen LogP contribution in [0.15, 0.2) is 78.9 Å². The number of anilines is 5. The molecule has 4 N–H and O–H groups in total. The fourth-order valence-electron chi connectivity index (χ4n) is 4.45. The Morgan fingerprint density at radius 2 is 1.56 bits per heavy atom. The van der Waals surface area contributed by atoms with E-state index in [1.807, 2.05) is 54.6 Å². The molecule has 11 heteroatoms. The Morgan fingerprint density at radius 3 is 2.33 bits per heavy atom. The minimum atomic E-state index is -0.958. The van der Waals surface area contributed by atoms with E-state index in [0.29, 0.717) is 30.8 Å². The van der Waals surface area contributed by atoms with Crippen molar-refractivity contribution in [3.63, 3.8) is 0 Å². The topological polar surface area (TPSA) is 142 Å². The molecule has 1 aliphatic rings. The summed E-state index contributed by atoms with van der Waals surface area (Å²) in [5.41, 5.74) is 3.12. The van der Waals surface area contributed by atoms with Gasteiger partial charge in [0.25, 0.3) is 0 Å². The molecule has 4 aromatic rings. The zero-order valence-electron chi connectivity index (χ0n) is 21.2. The van der Waals surface area contributed by atoms with E-state index in [1.165, 1.54) is 7.11 Å². The fraction of sp³-hybridized carbons (Fsp3) is 0.179. The van der Waals surface area contributed by atoms with Gasteiger partial charge in [0.1, 0.15) is 11.8 Å². The van der Waals surface area contributed by atoms with Crippen molar-refractivity contribution in [1.82, 2.24) is 15.0 Å². The van der Waals surface area contributed by atoms with Gasteiger partial charge in [0, 0.05) is 17.8 Å². The zero-order valence-corrected chi connectivity index (χ0v) is 21.2. The fourth-order valence-corrected chi connectivity index (χ4v) is 4.45. The van der Waals surface area contributed by atoms with E-state index < -0.39 is 18.0 Å². The number of urea groups is 1. The minimum absolute atomic E-state index is 0.0388. The maximum Gasteiger partial charge on any atom is 0.326 e. The number of ether oxygens (including phenoxy) is 1. The van der Waals surface area contributed by atoms with Crippen molar-refractivity contribution in [2.45, 2.75) is 18.9 Å². The van der Waals surface area contributed by atoms with E-state index in [4.69, 9.17) is 4.74 Å². The number of aliphatic carboxylic acids is 1. The number of carbonyl (C=O) groups excluding carboxylic acids is 1. The van der Waals surface area contributed by atoms with Gasteiger partial charge >= 0.3 is 12.0 Å². The molecule has 0 spiro atoms. The smallest absolute Gasteiger partial charge is 0.326 e. The lowest BCUT2D eigenvalue weighted by molar-refractivity contribution is -0.138. The van der Waals surface area contributed by atoms with Gasteiger partial charge in [-0.25, -0.2) is 9.59 Å². The summed E-state index contributed by atoms with van der Waals surface area (Å²) >= 11 is 0. The number of carboxylic acids is 1. The van der Waals surface area contributed by atoms with E-state index in [0.717, 1.165) is 16.8 Å². The highest BCUT2D eigenvalue weighted by Crippen LogP contribution is 2.31. The quantitative estimate of drug-likeness (QED) is 0.250. The highest BCUT2D eigenvalue weighted by molar-refractivity contribution is 5.99. The van der Waals surface area contributed by atoms with Crippen LogP contribution in [-0.2, 0) is 4.79 Å². The zero-order chi connectivity index (χ0) is 27.2. The molecule has 5 rings (SSSR count). The lowest BCUT2D eigenvalue weighted by atomic mass is 10.0. The lowest BCUT2D eigenvalue weighted by Gasteiger charge is -2.22. The summed E-state index contributed by atoms with van der Waals surface area (Å²) in [7, 11) is 1.51. The number of nitrogens with one attached hydrogen (secondary N) is 3. The number of carbonyl (C=O) groups is 2. The highest BCUT2D eigenvalue weighted by atomic mass is 16.5. The van der Waals surface area contributed by atoms with Gasteiger partial charge in [0.15, 0.2) is 0 Å². The number of benzene rings is 3. The molecule has 2 amide bonds. The first-order valence-corrected chi connectivity index (χ1v) is 12.4. The standard InChI is InChI=1S/C28H27N7O4/c1-39-23-16-8-7-14-21(23)30-28(38)34-26-31-25(32-27(33-26)35-17-9-15-22(35)24(36)37)29-20-13-6-5-12-19(20)18-10-3-2-4-11-18/h2-8,10-14,16,22H,9,15,17H2,1H3,(H,36,37)(H3,29,30,31,32,33,34,38)/t22-/m0/s1. The second-order valence-corrected chi connectivity index (χ2v) is 8.79. The molecule has 2 heterocycles. The third-order valence-corrected chi connectivity index (χ3v) is 6.26. The minimum Gasteiger partial charge on any atom is -0.495 e. The van der Waals surface area contributed by atoms with E-state index in [2.05, 4.69) is 30.9 Å². The van der Waals surface area contributed by atoms with E-state index in [1.54, 1.807) is 29.2 Å². The highest BCUT2D eigenvalue weighted by Gasteiger charge is 2.33. The molecule has 1 aromatic heterocycles. The van der Waals surface area contributed by atoms with Gasteiger partial charge in [-0.1, -0.05) is 60.7 Å². The molecule has 1 saturated heterocycles. The van der Waals surface area contributed by atoms with E-state index in [-0.39, 0.29) is 17.8 Å². The second kappa shape index (κ2) is 11.5. The maximum atomic E-state index is 12.9. The Morgan fingerprint density at radius 1 is 0.872 bits per heavy atom. The third-order valence-electron chi connectivity index (χ3n) is 6.26. The molecule has 0 saturated carbocycles. The van der Waals surface area contributed by atoms with Gasteiger partial charge in [-0.3, -0.25) is 5.32 Å². The Hall–Kier alpha value is -5.19. The molecule has 198 valence electrons. The van der Waals surface area contributed by atoms with Gasteiger partial charge < -0.3 is 25.4 Å². The Labute approximate surface area is 224 Å². The van der Waals surface area contributed by atoms with Crippen molar-refractivity contribution >= 4 is 41.2 Å². The third kappa shape index (κ3) is 5.87. The Balaban J connectivity index is 1.47. The molecule has 11 nitrogen and oxygen atoms in total. The van der Waals surface area contributed by atoms with Crippen LogP contribution in [0, 0.1) is 0 Å². The average Bonchev–Trinajstić information content (AvgIpc) is 3.45. The number of aromatic nitrogens is 3. The van der Waals surface area contributed by atoms with E-state index >= 15 is 0 Å². The molecule has 1 atom stereocenters. The van der Waals surface area contributed by atoms with Crippen molar-refractivity contribution in [2.75, 3.05) is 34.5 Å². The van der Waals surface area contributed by atoms with Crippen LogP contribution in [0.4, 0.5) is 34.0 Å². The summed E-state index contributed by atoms with van der Waals surface area (Å²) in [5.74, 6) is -0.192. The molecular formula is C28H27N7O4. The number of nitrogens with zero attached hydrogens (tertiary/aromatic N) is 4. The maximum absolute atomic E-state index is 12.9. The van der Waals surface area contributed by atoms with Crippen LogP contribution in [0.25, 0.3) is 11.1 Å². The second-order valence-electron chi connectivity index (χ2n) is 8.79. The Kier molecular flexibility index (Phi) is 7.48. The van der Waals surface area contributed by atoms with Crippen LogP contribution >= 0.6 is 0 Å². The first-order valence-electron chi connectivity index (χ1n) is 12.4. The molecule has 3 aromatic carbocycles. The summed E-state index contributed by atoms with van der Waals surface area (Å²) in [6.45, 7) is 0.466. The van der Waals surface area contributed by atoms with Crippen molar-refractivity contribution in [2.24, 2.45) is 0 Å². The van der Waals surface area contributed by atoms with Crippen LogP contribution in [0.5, 0.6) is 5.75 Å². The lowest BCUT2D eigenvalue weighted by Crippen LogP contribution is -2.37. The van der Waals surface area contributed by atoms with Gasteiger partial charge in [-0.05, 0) is 36.6 Å². The predicted molar refractivity (Wildman–Crippen MR) is 149 cm³/mol. The van der Waals surface area contributed by atoms with Crippen molar-refractivity contribution in [1.29, 1.82) is 0 Å². The monoisotopic (exact) mass is 525 g/mol. The normalized spacial score (nSPS) is 14.5. The molecule has 0 unspecified atom stereocenters. The van der Waals surface area contributed by atoms with E-state index in [9.17, 15) is 14.7 Å². The molecule has 1 aliphatic heterocycles. The van der Waals surface area contributed by atoms with Crippen molar-refractivity contribution < 1.29 is 19.4 Å². The number of amides is 2. The first-order chi connectivity index (χ1) is 19.0. The number of hydrogen-bond acceptors (Lipinski definition) is 8. The SMILES string of the molecule is COc1ccccc1NC(=O)Nc1nc(Nc2ccccc2-c2ccccc2)nc(N2CCC[C@H]2C(=O)O)n1. The van der Waals surface area contributed by atoms with Crippen LogP contribution in [0.1, 0.15) is 12.8 Å². The number of methoxy groups -OCH3 is 1. The molecule has 1 fully saturated rings. The molecule has 0 radical (unpaired) electrons. The average molecular weight is 526 g/mol. The largest absolute Gasteiger partial charge is 0.495 e. The summed E-state index contributed by atoms with van der Waals surface area (Å²) < 4.78 is 5.29. The Bertz CT molecular complexity index is 1480.